The Morgan fingerprint density at radius 3 is 2.85 bits per heavy atom. The SMILES string of the molecule is CN(Cc1cnccn1)C(=O)Cc1ccc(O)cc1Cl. The maximum Gasteiger partial charge on any atom is 0.227 e. The van der Waals surface area contributed by atoms with E-state index in [-0.39, 0.29) is 18.1 Å². The number of amides is 1. The lowest BCUT2D eigenvalue weighted by Gasteiger charge is -2.17. The number of phenolic OH excluding ortho intramolecular Hbond substituents is 1. The lowest BCUT2D eigenvalue weighted by atomic mass is 10.1. The van der Waals surface area contributed by atoms with E-state index >= 15 is 0 Å². The molecule has 0 aliphatic heterocycles. The maximum atomic E-state index is 12.1. The van der Waals surface area contributed by atoms with Crippen LogP contribution in [0.2, 0.25) is 5.02 Å². The molecule has 1 amide bonds. The molecule has 5 nitrogen and oxygen atoms in total. The minimum atomic E-state index is -0.0803. The van der Waals surface area contributed by atoms with E-state index in [0.717, 1.165) is 5.69 Å². The number of carbonyl (C=O) groups excluding carboxylic acids is 1. The first kappa shape index (κ1) is 14.3. The summed E-state index contributed by atoms with van der Waals surface area (Å²) >= 11 is 5.99. The lowest BCUT2D eigenvalue weighted by Crippen LogP contribution is -2.28. The number of benzene rings is 1. The van der Waals surface area contributed by atoms with Gasteiger partial charge in [0.05, 0.1) is 24.9 Å². The summed E-state index contributed by atoms with van der Waals surface area (Å²) in [4.78, 5) is 21.8. The molecule has 0 saturated heterocycles. The van der Waals surface area contributed by atoms with E-state index in [0.29, 0.717) is 17.1 Å². The van der Waals surface area contributed by atoms with Crippen molar-refractivity contribution in [1.82, 2.24) is 14.9 Å². The van der Waals surface area contributed by atoms with Crippen molar-refractivity contribution >= 4 is 17.5 Å². The summed E-state index contributed by atoms with van der Waals surface area (Å²) in [5.41, 5.74) is 1.40. The van der Waals surface area contributed by atoms with E-state index in [2.05, 4.69) is 9.97 Å². The average molecular weight is 292 g/mol. The molecule has 20 heavy (non-hydrogen) atoms. The molecule has 0 atom stereocenters. The first-order valence-corrected chi connectivity index (χ1v) is 6.40. The third kappa shape index (κ3) is 3.68. The topological polar surface area (TPSA) is 66.3 Å². The first-order chi connectivity index (χ1) is 9.56. The number of hydrogen-bond acceptors (Lipinski definition) is 4. The standard InChI is InChI=1S/C14H14ClN3O2/c1-18(9-11-8-16-4-5-17-11)14(20)6-10-2-3-12(19)7-13(10)15/h2-5,7-8,19H,6,9H2,1H3. The quantitative estimate of drug-likeness (QED) is 0.936. The fourth-order valence-electron chi connectivity index (χ4n) is 1.72. The van der Waals surface area contributed by atoms with Crippen molar-refractivity contribution in [1.29, 1.82) is 0 Å². The Morgan fingerprint density at radius 1 is 1.40 bits per heavy atom. The van der Waals surface area contributed by atoms with E-state index in [4.69, 9.17) is 11.6 Å². The van der Waals surface area contributed by atoms with Crippen molar-refractivity contribution in [3.63, 3.8) is 0 Å². The van der Waals surface area contributed by atoms with Gasteiger partial charge >= 0.3 is 0 Å². The molecule has 1 N–H and O–H groups in total. The molecular formula is C14H14ClN3O2. The van der Waals surface area contributed by atoms with Gasteiger partial charge in [-0.2, -0.15) is 0 Å². The van der Waals surface area contributed by atoms with E-state index in [1.165, 1.54) is 12.1 Å². The average Bonchev–Trinajstić information content (AvgIpc) is 2.43. The normalized spacial score (nSPS) is 10.3. The van der Waals surface area contributed by atoms with Gasteiger partial charge in [0.1, 0.15) is 5.75 Å². The number of likely N-dealkylation sites (N-methyl/N-ethyl adjacent to an activating group) is 1. The van der Waals surface area contributed by atoms with Crippen LogP contribution in [-0.2, 0) is 17.8 Å². The molecule has 0 radical (unpaired) electrons. The highest BCUT2D eigenvalue weighted by atomic mass is 35.5. The van der Waals surface area contributed by atoms with Crippen LogP contribution in [0.4, 0.5) is 0 Å². The number of hydrogen-bond donors (Lipinski definition) is 1. The molecule has 104 valence electrons. The highest BCUT2D eigenvalue weighted by Gasteiger charge is 2.13. The molecule has 0 saturated carbocycles. The zero-order chi connectivity index (χ0) is 14.5. The smallest absolute Gasteiger partial charge is 0.227 e. The van der Waals surface area contributed by atoms with Crippen LogP contribution in [0.3, 0.4) is 0 Å². The van der Waals surface area contributed by atoms with Crippen LogP contribution in [0.25, 0.3) is 0 Å². The number of halogens is 1. The second-order valence-electron chi connectivity index (χ2n) is 4.40. The monoisotopic (exact) mass is 291 g/mol. The number of nitrogens with zero attached hydrogens (tertiary/aromatic N) is 3. The van der Waals surface area contributed by atoms with Gasteiger partial charge in [-0.05, 0) is 17.7 Å². The maximum absolute atomic E-state index is 12.1. The van der Waals surface area contributed by atoms with Crippen molar-refractivity contribution in [2.45, 2.75) is 13.0 Å². The van der Waals surface area contributed by atoms with Gasteiger partial charge in [0.25, 0.3) is 0 Å². The third-order valence-electron chi connectivity index (χ3n) is 2.82. The Morgan fingerprint density at radius 2 is 2.20 bits per heavy atom. The second-order valence-corrected chi connectivity index (χ2v) is 4.81. The molecule has 1 aromatic heterocycles. The van der Waals surface area contributed by atoms with Gasteiger partial charge < -0.3 is 10.0 Å². The second kappa shape index (κ2) is 6.34. The molecule has 0 bridgehead atoms. The van der Waals surface area contributed by atoms with Crippen LogP contribution < -0.4 is 0 Å². The minimum Gasteiger partial charge on any atom is -0.508 e. The summed E-state index contributed by atoms with van der Waals surface area (Å²) in [6, 6.07) is 4.58. The Hall–Kier alpha value is -2.14. The summed E-state index contributed by atoms with van der Waals surface area (Å²) in [6.07, 6.45) is 4.97. The Labute approximate surface area is 121 Å². The summed E-state index contributed by atoms with van der Waals surface area (Å²) in [7, 11) is 1.70. The number of carbonyl (C=O) groups is 1. The van der Waals surface area contributed by atoms with Crippen LogP contribution in [0.1, 0.15) is 11.3 Å². The van der Waals surface area contributed by atoms with Crippen molar-refractivity contribution in [3.8, 4) is 5.75 Å². The molecule has 0 spiro atoms. The number of rotatable bonds is 4. The van der Waals surface area contributed by atoms with Crippen LogP contribution in [0.5, 0.6) is 5.75 Å². The Kier molecular flexibility index (Phi) is 4.53. The lowest BCUT2D eigenvalue weighted by molar-refractivity contribution is -0.129. The van der Waals surface area contributed by atoms with Gasteiger partial charge in [-0.1, -0.05) is 17.7 Å². The molecule has 1 heterocycles. The Balaban J connectivity index is 2.01. The van der Waals surface area contributed by atoms with Crippen molar-refractivity contribution in [2.75, 3.05) is 7.05 Å². The zero-order valence-corrected chi connectivity index (χ0v) is 11.7. The van der Waals surface area contributed by atoms with Gasteiger partial charge in [-0.3, -0.25) is 14.8 Å². The molecule has 2 rings (SSSR count). The number of aromatic hydroxyl groups is 1. The van der Waals surface area contributed by atoms with Crippen LogP contribution in [-0.4, -0.2) is 32.9 Å². The molecule has 0 fully saturated rings. The van der Waals surface area contributed by atoms with E-state index in [1.807, 2.05) is 0 Å². The van der Waals surface area contributed by atoms with Gasteiger partial charge in [-0.15, -0.1) is 0 Å². The van der Waals surface area contributed by atoms with Crippen molar-refractivity contribution in [3.05, 3.63) is 53.1 Å². The molecular weight excluding hydrogens is 278 g/mol. The van der Waals surface area contributed by atoms with Gasteiger partial charge in [0.15, 0.2) is 0 Å². The Bertz CT molecular complexity index is 605. The first-order valence-electron chi connectivity index (χ1n) is 6.02. The van der Waals surface area contributed by atoms with Crippen LogP contribution in [0.15, 0.2) is 36.8 Å². The molecule has 2 aromatic rings. The van der Waals surface area contributed by atoms with E-state index < -0.39 is 0 Å². The largest absolute Gasteiger partial charge is 0.508 e. The predicted molar refractivity (Wildman–Crippen MR) is 75.3 cm³/mol. The van der Waals surface area contributed by atoms with E-state index in [1.54, 1.807) is 36.6 Å². The summed E-state index contributed by atoms with van der Waals surface area (Å²) in [5.74, 6) is 0.00218. The molecule has 6 heteroatoms. The molecule has 1 aromatic carbocycles. The van der Waals surface area contributed by atoms with Crippen molar-refractivity contribution < 1.29 is 9.90 Å². The van der Waals surface area contributed by atoms with Gasteiger partial charge in [0, 0.05) is 24.5 Å². The highest BCUT2D eigenvalue weighted by molar-refractivity contribution is 6.31. The number of phenols is 1. The third-order valence-corrected chi connectivity index (χ3v) is 3.17. The fraction of sp³-hybridized carbons (Fsp3) is 0.214. The van der Waals surface area contributed by atoms with Crippen molar-refractivity contribution in [2.24, 2.45) is 0 Å². The molecule has 0 aliphatic carbocycles. The van der Waals surface area contributed by atoms with Gasteiger partial charge in [-0.25, -0.2) is 0 Å². The van der Waals surface area contributed by atoms with Crippen LogP contribution >= 0.6 is 11.6 Å². The zero-order valence-electron chi connectivity index (χ0n) is 11.0. The number of aromatic nitrogens is 2. The molecule has 0 aliphatic rings. The van der Waals surface area contributed by atoms with Gasteiger partial charge in [0.2, 0.25) is 5.91 Å². The highest BCUT2D eigenvalue weighted by Crippen LogP contribution is 2.22. The summed E-state index contributed by atoms with van der Waals surface area (Å²) < 4.78 is 0. The van der Waals surface area contributed by atoms with E-state index in [9.17, 15) is 9.90 Å². The summed E-state index contributed by atoms with van der Waals surface area (Å²) in [6.45, 7) is 0.391. The fourth-order valence-corrected chi connectivity index (χ4v) is 1.96. The molecule has 0 unspecified atom stereocenters. The predicted octanol–water partition coefficient (Wildman–Crippen LogP) is 2.04. The van der Waals surface area contributed by atoms with Crippen LogP contribution in [0, 0.1) is 0 Å². The minimum absolute atomic E-state index is 0.0803. The summed E-state index contributed by atoms with van der Waals surface area (Å²) in [5, 5.41) is 9.66.